The first-order valence-electron chi connectivity index (χ1n) is 5.51. The normalized spacial score (nSPS) is 8.30. The molecule has 0 heterocycles. The summed E-state index contributed by atoms with van der Waals surface area (Å²) < 4.78 is 0. The van der Waals surface area contributed by atoms with Crippen molar-refractivity contribution >= 4 is 11.8 Å². The van der Waals surface area contributed by atoms with Crippen molar-refractivity contribution in [2.75, 3.05) is 0 Å². The van der Waals surface area contributed by atoms with Crippen LogP contribution in [0, 0.1) is 0 Å². The van der Waals surface area contributed by atoms with Gasteiger partial charge in [-0.3, -0.25) is 20.1 Å². The zero-order chi connectivity index (χ0) is 15.4. The van der Waals surface area contributed by atoms with Crippen LogP contribution in [0.3, 0.4) is 0 Å². The smallest absolute Gasteiger partial charge is 0.248 e. The van der Waals surface area contributed by atoms with E-state index in [2.05, 4.69) is 0 Å². The summed E-state index contributed by atoms with van der Waals surface area (Å²) in [4.78, 5) is 20.8. The monoisotopic (exact) mass is 276 g/mol. The summed E-state index contributed by atoms with van der Waals surface area (Å²) in [7, 11) is 0. The highest BCUT2D eigenvalue weighted by Gasteiger charge is 1.94. The summed E-state index contributed by atoms with van der Waals surface area (Å²) in [5.74, 6) is -0.758. The van der Waals surface area contributed by atoms with E-state index in [4.69, 9.17) is 22.0 Å². The van der Waals surface area contributed by atoms with Crippen molar-refractivity contribution in [2.45, 2.75) is 0 Å². The molecule has 2 aromatic carbocycles. The number of hydrogen-bond acceptors (Lipinski definition) is 4. The van der Waals surface area contributed by atoms with Crippen molar-refractivity contribution in [3.8, 4) is 0 Å². The number of benzene rings is 2. The van der Waals surface area contributed by atoms with Gasteiger partial charge >= 0.3 is 0 Å². The number of rotatable bonds is 2. The first kappa shape index (κ1) is 17.3. The number of carbonyl (C=O) groups is 2. The van der Waals surface area contributed by atoms with Crippen LogP contribution < -0.4 is 11.5 Å². The van der Waals surface area contributed by atoms with Gasteiger partial charge in [0.05, 0.1) is 0 Å². The minimum absolute atomic E-state index is 0.379. The van der Waals surface area contributed by atoms with Crippen LogP contribution in [0.4, 0.5) is 0 Å². The first-order valence-corrected chi connectivity index (χ1v) is 5.51. The molecule has 0 aliphatic heterocycles. The second-order valence-electron chi connectivity index (χ2n) is 3.46. The molecular weight excluding hydrogens is 260 g/mol. The number of amides is 2. The average Bonchev–Trinajstić information content (AvgIpc) is 2.51. The maximum absolute atomic E-state index is 10.4. The molecule has 6 nitrogen and oxygen atoms in total. The Morgan fingerprint density at radius 1 is 0.650 bits per heavy atom. The summed E-state index contributed by atoms with van der Waals surface area (Å²) in [5, 5.41) is 12.0. The molecule has 0 aromatic heterocycles. The molecular formula is C14H16N2O4. The lowest BCUT2D eigenvalue weighted by Crippen LogP contribution is -2.09. The minimum atomic E-state index is -0.379. The molecule has 6 heteroatoms. The standard InChI is InChI=1S/2C7H7NO.H2O2/c2*8-7(9)6-4-2-1-3-5-6;1-2/h2*1-5H,(H2,8,9);1-2H. The van der Waals surface area contributed by atoms with Gasteiger partial charge in [0.1, 0.15) is 0 Å². The van der Waals surface area contributed by atoms with Gasteiger partial charge in [-0.15, -0.1) is 0 Å². The van der Waals surface area contributed by atoms with Crippen molar-refractivity contribution in [1.29, 1.82) is 0 Å². The highest BCUT2D eigenvalue weighted by Crippen LogP contribution is 1.95. The van der Waals surface area contributed by atoms with Crippen LogP contribution in [-0.2, 0) is 0 Å². The van der Waals surface area contributed by atoms with Gasteiger partial charge < -0.3 is 11.5 Å². The van der Waals surface area contributed by atoms with Crippen molar-refractivity contribution in [1.82, 2.24) is 0 Å². The quantitative estimate of drug-likeness (QED) is 0.490. The molecule has 0 spiro atoms. The molecule has 106 valence electrons. The summed E-state index contributed by atoms with van der Waals surface area (Å²) in [5.41, 5.74) is 11.1. The van der Waals surface area contributed by atoms with E-state index >= 15 is 0 Å². The van der Waals surface area contributed by atoms with Crippen LogP contribution in [-0.4, -0.2) is 22.3 Å². The highest BCUT2D eigenvalue weighted by atomic mass is 17.0. The molecule has 0 radical (unpaired) electrons. The number of hydrogen-bond donors (Lipinski definition) is 4. The predicted octanol–water partition coefficient (Wildman–Crippen LogP) is 1.59. The molecule has 0 aliphatic rings. The van der Waals surface area contributed by atoms with E-state index in [-0.39, 0.29) is 11.8 Å². The first-order chi connectivity index (χ1) is 9.61. The molecule has 6 N–H and O–H groups in total. The third-order valence-electron chi connectivity index (χ3n) is 2.12. The SMILES string of the molecule is NC(=O)c1ccccc1.NC(=O)c1ccccc1.OO. The molecule has 0 atom stereocenters. The topological polar surface area (TPSA) is 127 Å². The number of primary amides is 2. The van der Waals surface area contributed by atoms with Crippen LogP contribution in [0.5, 0.6) is 0 Å². The van der Waals surface area contributed by atoms with Crippen LogP contribution in [0.25, 0.3) is 0 Å². The summed E-state index contributed by atoms with van der Waals surface area (Å²) in [6.07, 6.45) is 0. The summed E-state index contributed by atoms with van der Waals surface area (Å²) >= 11 is 0. The van der Waals surface area contributed by atoms with E-state index < -0.39 is 0 Å². The molecule has 0 unspecified atom stereocenters. The minimum Gasteiger partial charge on any atom is -0.366 e. The van der Waals surface area contributed by atoms with Crippen LogP contribution in [0.2, 0.25) is 0 Å². The van der Waals surface area contributed by atoms with Gasteiger partial charge in [-0.1, -0.05) is 36.4 Å². The van der Waals surface area contributed by atoms with Gasteiger partial charge in [0.2, 0.25) is 11.8 Å². The summed E-state index contributed by atoms with van der Waals surface area (Å²) in [6.45, 7) is 0. The lowest BCUT2D eigenvalue weighted by atomic mass is 10.2. The van der Waals surface area contributed by atoms with Crippen molar-refractivity contribution in [3.05, 3.63) is 71.8 Å². The van der Waals surface area contributed by atoms with Gasteiger partial charge in [0.15, 0.2) is 0 Å². The summed E-state index contributed by atoms with van der Waals surface area (Å²) in [6, 6.07) is 17.5. The van der Waals surface area contributed by atoms with Crippen LogP contribution in [0.15, 0.2) is 60.7 Å². The highest BCUT2D eigenvalue weighted by molar-refractivity contribution is 5.93. The Kier molecular flexibility index (Phi) is 8.86. The molecule has 0 aliphatic carbocycles. The molecule has 0 saturated carbocycles. The van der Waals surface area contributed by atoms with Crippen molar-refractivity contribution < 1.29 is 20.1 Å². The third kappa shape index (κ3) is 6.90. The van der Waals surface area contributed by atoms with E-state index in [0.29, 0.717) is 11.1 Å². The Morgan fingerprint density at radius 2 is 0.900 bits per heavy atom. The largest absolute Gasteiger partial charge is 0.366 e. The third-order valence-corrected chi connectivity index (χ3v) is 2.12. The average molecular weight is 276 g/mol. The van der Waals surface area contributed by atoms with Gasteiger partial charge in [-0.25, -0.2) is 0 Å². The zero-order valence-electron chi connectivity index (χ0n) is 10.6. The fraction of sp³-hybridized carbons (Fsp3) is 0. The second kappa shape index (κ2) is 10.2. The zero-order valence-corrected chi connectivity index (χ0v) is 10.6. The van der Waals surface area contributed by atoms with E-state index in [9.17, 15) is 9.59 Å². The van der Waals surface area contributed by atoms with Crippen LogP contribution >= 0.6 is 0 Å². The predicted molar refractivity (Wildman–Crippen MR) is 75.2 cm³/mol. The Morgan fingerprint density at radius 3 is 1.05 bits per heavy atom. The Labute approximate surface area is 116 Å². The van der Waals surface area contributed by atoms with Gasteiger partial charge in [-0.05, 0) is 24.3 Å². The van der Waals surface area contributed by atoms with E-state index in [1.54, 1.807) is 48.5 Å². The Balaban J connectivity index is 0.000000321. The molecule has 2 amide bonds. The molecule has 2 aromatic rings. The molecule has 0 bridgehead atoms. The van der Waals surface area contributed by atoms with Gasteiger partial charge in [-0.2, -0.15) is 0 Å². The number of carbonyl (C=O) groups excluding carboxylic acids is 2. The second-order valence-corrected chi connectivity index (χ2v) is 3.46. The van der Waals surface area contributed by atoms with E-state index in [1.807, 2.05) is 12.1 Å². The van der Waals surface area contributed by atoms with Crippen LogP contribution in [0.1, 0.15) is 20.7 Å². The van der Waals surface area contributed by atoms with Crippen molar-refractivity contribution in [2.24, 2.45) is 11.5 Å². The van der Waals surface area contributed by atoms with Gasteiger partial charge in [0, 0.05) is 11.1 Å². The molecule has 0 fully saturated rings. The fourth-order valence-electron chi connectivity index (χ4n) is 1.20. The Hall–Kier alpha value is -2.70. The van der Waals surface area contributed by atoms with E-state index in [1.165, 1.54) is 0 Å². The van der Waals surface area contributed by atoms with Crippen molar-refractivity contribution in [3.63, 3.8) is 0 Å². The maximum atomic E-state index is 10.4. The molecule has 20 heavy (non-hydrogen) atoms. The fourth-order valence-corrected chi connectivity index (χ4v) is 1.20. The van der Waals surface area contributed by atoms with E-state index in [0.717, 1.165) is 0 Å². The Bertz CT molecular complexity index is 466. The molecule has 2 rings (SSSR count). The lowest BCUT2D eigenvalue weighted by Gasteiger charge is -1.89. The lowest BCUT2D eigenvalue weighted by molar-refractivity contribution is -0.176. The number of nitrogens with two attached hydrogens (primary N) is 2. The maximum Gasteiger partial charge on any atom is 0.248 e. The van der Waals surface area contributed by atoms with Gasteiger partial charge in [0.25, 0.3) is 0 Å². The molecule has 0 saturated heterocycles.